The van der Waals surface area contributed by atoms with Crippen molar-refractivity contribution in [1.29, 1.82) is 0 Å². The molecule has 4 aromatic rings. The van der Waals surface area contributed by atoms with Gasteiger partial charge in [-0.25, -0.2) is 9.50 Å². The lowest BCUT2D eigenvalue weighted by Crippen LogP contribution is -2.49. The normalized spacial score (nSPS) is 14.1. The van der Waals surface area contributed by atoms with Gasteiger partial charge in [0.05, 0.1) is 30.8 Å². The molecule has 1 aliphatic heterocycles. The first-order chi connectivity index (χ1) is 18.3. The van der Waals surface area contributed by atoms with Crippen LogP contribution in [0.1, 0.15) is 43.9 Å². The van der Waals surface area contributed by atoms with E-state index in [1.54, 1.807) is 11.6 Å². The minimum Gasteiger partial charge on any atom is -0.497 e. The highest BCUT2D eigenvalue weighted by Crippen LogP contribution is 2.30. The first-order valence-corrected chi connectivity index (χ1v) is 13.1. The Bertz CT molecular complexity index is 1430. The van der Waals surface area contributed by atoms with Crippen molar-refractivity contribution in [3.63, 3.8) is 0 Å². The van der Waals surface area contributed by atoms with Gasteiger partial charge in [0.25, 0.3) is 5.91 Å². The molecule has 0 bridgehead atoms. The number of hydrogen-bond donors (Lipinski definition) is 0. The number of rotatable bonds is 6. The Morgan fingerprint density at radius 3 is 2.34 bits per heavy atom. The number of methoxy groups -OCH3 is 1. The van der Waals surface area contributed by atoms with Crippen molar-refractivity contribution in [2.45, 2.75) is 33.1 Å². The second-order valence-corrected chi connectivity index (χ2v) is 10.5. The fraction of sp³-hybridized carbons (Fsp3) is 0.367. The molecule has 5 rings (SSSR count). The molecule has 1 aliphatic rings. The molecule has 8 nitrogen and oxygen atoms in total. The third-order valence-electron chi connectivity index (χ3n) is 6.87. The van der Waals surface area contributed by atoms with E-state index < -0.39 is 0 Å². The Morgan fingerprint density at radius 2 is 1.68 bits per heavy atom. The van der Waals surface area contributed by atoms with Crippen molar-refractivity contribution in [2.24, 2.45) is 0 Å². The van der Waals surface area contributed by atoms with E-state index in [4.69, 9.17) is 19.6 Å². The van der Waals surface area contributed by atoms with E-state index in [0.717, 1.165) is 47.2 Å². The van der Waals surface area contributed by atoms with Crippen LogP contribution in [-0.4, -0.2) is 65.3 Å². The first-order valence-electron chi connectivity index (χ1n) is 13.1. The summed E-state index contributed by atoms with van der Waals surface area (Å²) in [5.74, 6) is 1.60. The number of piperazine rings is 1. The molecule has 0 spiro atoms. The van der Waals surface area contributed by atoms with E-state index in [2.05, 4.69) is 31.7 Å². The van der Waals surface area contributed by atoms with Crippen LogP contribution in [-0.2, 0) is 5.41 Å². The summed E-state index contributed by atoms with van der Waals surface area (Å²) >= 11 is 0. The fourth-order valence-electron chi connectivity index (χ4n) is 4.71. The van der Waals surface area contributed by atoms with Crippen molar-refractivity contribution in [2.75, 3.05) is 44.8 Å². The SMILES string of the molecule is CCOc1ccccc1N1CCN(C(=O)c2cc(-c3ccc(OC)cc3)nc3cc(C(C)(C)C)nn23)CC1. The van der Waals surface area contributed by atoms with E-state index in [-0.39, 0.29) is 11.3 Å². The largest absolute Gasteiger partial charge is 0.497 e. The molecule has 2 aromatic heterocycles. The predicted molar refractivity (Wildman–Crippen MR) is 149 cm³/mol. The van der Waals surface area contributed by atoms with Crippen molar-refractivity contribution in [1.82, 2.24) is 19.5 Å². The monoisotopic (exact) mass is 513 g/mol. The number of para-hydroxylation sites is 2. The summed E-state index contributed by atoms with van der Waals surface area (Å²) in [6.07, 6.45) is 0. The highest BCUT2D eigenvalue weighted by atomic mass is 16.5. The number of hydrogen-bond acceptors (Lipinski definition) is 6. The second-order valence-electron chi connectivity index (χ2n) is 10.5. The van der Waals surface area contributed by atoms with Crippen LogP contribution in [0.25, 0.3) is 16.9 Å². The molecule has 2 aromatic carbocycles. The van der Waals surface area contributed by atoms with Gasteiger partial charge in [-0.2, -0.15) is 5.10 Å². The second kappa shape index (κ2) is 10.4. The number of nitrogens with zero attached hydrogens (tertiary/aromatic N) is 5. The molecule has 8 heteroatoms. The smallest absolute Gasteiger partial charge is 0.272 e. The Hall–Kier alpha value is -4.07. The minimum atomic E-state index is -0.173. The summed E-state index contributed by atoms with van der Waals surface area (Å²) in [6.45, 7) is 11.6. The van der Waals surface area contributed by atoms with Gasteiger partial charge >= 0.3 is 0 Å². The van der Waals surface area contributed by atoms with Crippen LogP contribution < -0.4 is 14.4 Å². The summed E-state index contributed by atoms with van der Waals surface area (Å²) < 4.78 is 12.8. The summed E-state index contributed by atoms with van der Waals surface area (Å²) in [6, 6.07) is 19.6. The number of amides is 1. The number of fused-ring (bicyclic) bond motifs is 1. The molecular weight excluding hydrogens is 478 g/mol. The number of ether oxygens (including phenoxy) is 2. The lowest BCUT2D eigenvalue weighted by molar-refractivity contribution is 0.0737. The first kappa shape index (κ1) is 25.6. The summed E-state index contributed by atoms with van der Waals surface area (Å²) in [5, 5.41) is 4.82. The lowest BCUT2D eigenvalue weighted by atomic mass is 9.93. The van der Waals surface area contributed by atoms with Gasteiger partial charge in [-0.05, 0) is 49.4 Å². The summed E-state index contributed by atoms with van der Waals surface area (Å²) in [7, 11) is 1.64. The number of aromatic nitrogens is 3. The summed E-state index contributed by atoms with van der Waals surface area (Å²) in [4.78, 5) is 23.0. The van der Waals surface area contributed by atoms with E-state index in [1.807, 2.05) is 66.4 Å². The number of anilines is 1. The average Bonchev–Trinajstić information content (AvgIpc) is 3.38. The van der Waals surface area contributed by atoms with E-state index in [0.29, 0.717) is 31.0 Å². The predicted octanol–water partition coefficient (Wildman–Crippen LogP) is 5.06. The zero-order chi connectivity index (χ0) is 26.9. The van der Waals surface area contributed by atoms with Crippen LogP contribution in [0.5, 0.6) is 11.5 Å². The van der Waals surface area contributed by atoms with Gasteiger partial charge < -0.3 is 19.3 Å². The van der Waals surface area contributed by atoms with Gasteiger partial charge in [0.1, 0.15) is 17.2 Å². The zero-order valence-electron chi connectivity index (χ0n) is 22.8. The lowest BCUT2D eigenvalue weighted by Gasteiger charge is -2.36. The maximum atomic E-state index is 13.9. The fourth-order valence-corrected chi connectivity index (χ4v) is 4.71. The van der Waals surface area contributed by atoms with E-state index in [1.165, 1.54) is 0 Å². The Labute approximate surface area is 223 Å². The minimum absolute atomic E-state index is 0.0477. The van der Waals surface area contributed by atoms with Gasteiger partial charge in [0.15, 0.2) is 5.65 Å². The molecule has 198 valence electrons. The highest BCUT2D eigenvalue weighted by Gasteiger charge is 2.28. The molecule has 3 heterocycles. The number of carbonyl (C=O) groups excluding carboxylic acids is 1. The Balaban J connectivity index is 1.46. The molecule has 0 radical (unpaired) electrons. The molecule has 1 amide bonds. The molecule has 1 saturated heterocycles. The van der Waals surface area contributed by atoms with Crippen LogP contribution in [0.2, 0.25) is 0 Å². The molecule has 0 atom stereocenters. The molecule has 0 unspecified atom stereocenters. The standard InChI is InChI=1S/C30H35N5O3/c1-6-38-26-10-8-7-9-24(26)33-15-17-34(18-16-33)29(36)25-19-23(21-11-13-22(37-5)14-12-21)31-28-20-27(30(2,3)4)32-35(25)28/h7-14,19-20H,6,15-18H2,1-5H3. The summed E-state index contributed by atoms with van der Waals surface area (Å²) in [5.41, 5.74) is 4.61. The van der Waals surface area contributed by atoms with Crippen molar-refractivity contribution in [3.8, 4) is 22.8 Å². The number of carbonyl (C=O) groups is 1. The van der Waals surface area contributed by atoms with Crippen LogP contribution in [0, 0.1) is 0 Å². The maximum Gasteiger partial charge on any atom is 0.272 e. The number of benzene rings is 2. The highest BCUT2D eigenvalue weighted by molar-refractivity contribution is 5.94. The molecule has 0 saturated carbocycles. The van der Waals surface area contributed by atoms with Gasteiger partial charge in [-0.15, -0.1) is 0 Å². The van der Waals surface area contributed by atoms with Crippen molar-refractivity contribution in [3.05, 3.63) is 72.1 Å². The topological polar surface area (TPSA) is 72.2 Å². The zero-order valence-corrected chi connectivity index (χ0v) is 22.8. The van der Waals surface area contributed by atoms with Crippen molar-refractivity contribution >= 4 is 17.2 Å². The Morgan fingerprint density at radius 1 is 0.974 bits per heavy atom. The third-order valence-corrected chi connectivity index (χ3v) is 6.87. The Kier molecular flexibility index (Phi) is 6.97. The van der Waals surface area contributed by atoms with Crippen molar-refractivity contribution < 1.29 is 14.3 Å². The van der Waals surface area contributed by atoms with E-state index in [9.17, 15) is 4.79 Å². The quantitative estimate of drug-likeness (QED) is 0.359. The average molecular weight is 514 g/mol. The molecule has 0 aliphatic carbocycles. The third kappa shape index (κ3) is 5.03. The van der Waals surface area contributed by atoms with Gasteiger partial charge in [-0.1, -0.05) is 32.9 Å². The van der Waals surface area contributed by atoms with Crippen LogP contribution in [0.3, 0.4) is 0 Å². The van der Waals surface area contributed by atoms with Gasteiger partial charge in [0.2, 0.25) is 0 Å². The van der Waals surface area contributed by atoms with Crippen LogP contribution in [0.4, 0.5) is 5.69 Å². The maximum absolute atomic E-state index is 13.9. The van der Waals surface area contributed by atoms with Gasteiger partial charge in [0, 0.05) is 43.2 Å². The molecule has 1 fully saturated rings. The van der Waals surface area contributed by atoms with Crippen LogP contribution >= 0.6 is 0 Å². The molecular formula is C30H35N5O3. The molecule has 38 heavy (non-hydrogen) atoms. The van der Waals surface area contributed by atoms with Gasteiger partial charge in [-0.3, -0.25) is 4.79 Å². The van der Waals surface area contributed by atoms with E-state index >= 15 is 0 Å². The van der Waals surface area contributed by atoms with Crippen LogP contribution in [0.15, 0.2) is 60.7 Å². The molecule has 0 N–H and O–H groups in total.